The topological polar surface area (TPSA) is 85.8 Å². The van der Waals surface area contributed by atoms with Gasteiger partial charge in [0.15, 0.2) is 0 Å². The van der Waals surface area contributed by atoms with Crippen molar-refractivity contribution in [2.45, 2.75) is 13.5 Å². The van der Waals surface area contributed by atoms with Gasteiger partial charge in [0, 0.05) is 24.8 Å². The van der Waals surface area contributed by atoms with E-state index < -0.39 is 4.92 Å². The molecule has 134 valence electrons. The second-order valence-electron chi connectivity index (χ2n) is 5.27. The summed E-state index contributed by atoms with van der Waals surface area (Å²) in [5.41, 5.74) is 0.00188. The van der Waals surface area contributed by atoms with E-state index in [1.807, 2.05) is 6.92 Å². The van der Waals surface area contributed by atoms with E-state index in [2.05, 4.69) is 0 Å². The lowest BCUT2D eigenvalue weighted by atomic mass is 10.3. The number of nitrogens with zero attached hydrogens (tertiary/aromatic N) is 2. The number of likely N-dealkylation sites (N-methyl/N-ethyl adjacent to an activating group) is 1. The lowest BCUT2D eigenvalue weighted by Gasteiger charge is -2.09. The molecular formula is C17H14N2O5S2. The highest BCUT2D eigenvalue weighted by molar-refractivity contribution is 8.26. The van der Waals surface area contributed by atoms with Crippen LogP contribution in [0.2, 0.25) is 0 Å². The van der Waals surface area contributed by atoms with Crippen molar-refractivity contribution in [3.05, 3.63) is 62.9 Å². The number of rotatable bonds is 6. The SMILES string of the molecule is CCN1C(=O)C(=Cc2ccc(COc3ccc([N+](=O)[O-])cc3)o2)SC1=S. The van der Waals surface area contributed by atoms with E-state index in [0.29, 0.717) is 33.0 Å². The average Bonchev–Trinajstić information content (AvgIpc) is 3.18. The molecule has 1 saturated heterocycles. The Bertz CT molecular complexity index is 889. The molecule has 3 rings (SSSR count). The molecule has 26 heavy (non-hydrogen) atoms. The van der Waals surface area contributed by atoms with Gasteiger partial charge in [-0.05, 0) is 31.2 Å². The van der Waals surface area contributed by atoms with Gasteiger partial charge in [-0.2, -0.15) is 0 Å². The van der Waals surface area contributed by atoms with E-state index in [4.69, 9.17) is 21.4 Å². The summed E-state index contributed by atoms with van der Waals surface area (Å²) in [6.45, 7) is 2.57. The van der Waals surface area contributed by atoms with Crippen LogP contribution in [0.1, 0.15) is 18.4 Å². The summed E-state index contributed by atoms with van der Waals surface area (Å²) in [6.07, 6.45) is 1.66. The van der Waals surface area contributed by atoms with Crippen molar-refractivity contribution in [1.29, 1.82) is 0 Å². The number of benzene rings is 1. The van der Waals surface area contributed by atoms with Crippen molar-refractivity contribution < 1.29 is 18.9 Å². The third-order valence-electron chi connectivity index (χ3n) is 3.57. The number of carbonyl (C=O) groups is 1. The fraction of sp³-hybridized carbons (Fsp3) is 0.176. The number of nitro groups is 1. The first-order valence-electron chi connectivity index (χ1n) is 7.69. The number of thiocarbonyl (C=S) groups is 1. The zero-order valence-corrected chi connectivity index (χ0v) is 15.3. The van der Waals surface area contributed by atoms with E-state index in [0.717, 1.165) is 0 Å². The Morgan fingerprint density at radius 2 is 2.04 bits per heavy atom. The maximum absolute atomic E-state index is 12.2. The number of nitro benzene ring substituents is 1. The second-order valence-corrected chi connectivity index (χ2v) is 6.95. The molecule has 1 aromatic carbocycles. The lowest BCUT2D eigenvalue weighted by molar-refractivity contribution is -0.384. The third kappa shape index (κ3) is 3.94. The number of ether oxygens (including phenoxy) is 1. The molecule has 0 saturated carbocycles. The molecule has 1 aromatic heterocycles. The standard InChI is InChI=1S/C17H14N2O5S2/c1-2-18-16(20)15(26-17(18)25)9-13-7-8-14(24-13)10-23-12-5-3-11(4-6-12)19(21)22/h3-9H,2,10H2,1H3. The zero-order chi connectivity index (χ0) is 18.7. The molecule has 0 radical (unpaired) electrons. The summed E-state index contributed by atoms with van der Waals surface area (Å²) in [6, 6.07) is 9.29. The molecule has 0 atom stereocenters. The van der Waals surface area contributed by atoms with Crippen molar-refractivity contribution >= 4 is 46.0 Å². The van der Waals surface area contributed by atoms with Gasteiger partial charge in [0.25, 0.3) is 11.6 Å². The van der Waals surface area contributed by atoms with Crippen LogP contribution >= 0.6 is 24.0 Å². The minimum Gasteiger partial charge on any atom is -0.486 e. The molecule has 0 spiro atoms. The van der Waals surface area contributed by atoms with Gasteiger partial charge in [0.2, 0.25) is 0 Å². The predicted molar refractivity (Wildman–Crippen MR) is 102 cm³/mol. The van der Waals surface area contributed by atoms with E-state index in [1.54, 1.807) is 18.2 Å². The first-order chi connectivity index (χ1) is 12.5. The fourth-order valence-electron chi connectivity index (χ4n) is 2.27. The van der Waals surface area contributed by atoms with Crippen LogP contribution < -0.4 is 4.74 Å². The highest BCUT2D eigenvalue weighted by Crippen LogP contribution is 2.32. The van der Waals surface area contributed by atoms with Crippen molar-refractivity contribution in [3.8, 4) is 5.75 Å². The number of amides is 1. The summed E-state index contributed by atoms with van der Waals surface area (Å²) in [5, 5.41) is 10.6. The van der Waals surface area contributed by atoms with Crippen LogP contribution in [0.25, 0.3) is 6.08 Å². The summed E-state index contributed by atoms with van der Waals surface area (Å²) < 4.78 is 11.7. The molecule has 0 unspecified atom stereocenters. The molecule has 1 amide bonds. The van der Waals surface area contributed by atoms with Crippen LogP contribution in [-0.2, 0) is 11.4 Å². The van der Waals surface area contributed by atoms with Gasteiger partial charge in [-0.25, -0.2) is 0 Å². The first kappa shape index (κ1) is 18.2. The van der Waals surface area contributed by atoms with Crippen LogP contribution in [0.5, 0.6) is 5.75 Å². The molecule has 0 N–H and O–H groups in total. The van der Waals surface area contributed by atoms with E-state index >= 15 is 0 Å². The minimum atomic E-state index is -0.468. The number of non-ortho nitro benzene ring substituents is 1. The largest absolute Gasteiger partial charge is 0.486 e. The quantitative estimate of drug-likeness (QED) is 0.319. The van der Waals surface area contributed by atoms with Gasteiger partial charge >= 0.3 is 0 Å². The summed E-state index contributed by atoms with van der Waals surface area (Å²) in [4.78, 5) is 24.4. The highest BCUT2D eigenvalue weighted by Gasteiger charge is 2.30. The van der Waals surface area contributed by atoms with Gasteiger partial charge < -0.3 is 9.15 Å². The molecule has 0 bridgehead atoms. The van der Waals surface area contributed by atoms with Crippen LogP contribution in [-0.4, -0.2) is 26.6 Å². The number of carbonyl (C=O) groups excluding carboxylic acids is 1. The average molecular weight is 390 g/mol. The smallest absolute Gasteiger partial charge is 0.269 e. The van der Waals surface area contributed by atoms with Crippen LogP contribution in [0.3, 0.4) is 0 Å². The van der Waals surface area contributed by atoms with E-state index in [-0.39, 0.29) is 18.2 Å². The Morgan fingerprint density at radius 3 is 2.65 bits per heavy atom. The Labute approximate surface area is 158 Å². The Morgan fingerprint density at radius 1 is 1.31 bits per heavy atom. The van der Waals surface area contributed by atoms with Crippen LogP contribution in [0, 0.1) is 10.1 Å². The summed E-state index contributed by atoms with van der Waals surface area (Å²) in [5.74, 6) is 1.48. The van der Waals surface area contributed by atoms with Gasteiger partial charge in [0.05, 0.1) is 9.83 Å². The maximum Gasteiger partial charge on any atom is 0.269 e. The molecule has 9 heteroatoms. The monoisotopic (exact) mass is 390 g/mol. The Balaban J connectivity index is 1.63. The number of hydrogen-bond acceptors (Lipinski definition) is 7. The molecule has 1 fully saturated rings. The molecule has 1 aliphatic heterocycles. The summed E-state index contributed by atoms with van der Waals surface area (Å²) in [7, 11) is 0. The maximum atomic E-state index is 12.2. The third-order valence-corrected chi connectivity index (χ3v) is 4.95. The van der Waals surface area contributed by atoms with E-state index in [9.17, 15) is 14.9 Å². The van der Waals surface area contributed by atoms with Gasteiger partial charge in [-0.3, -0.25) is 19.8 Å². The van der Waals surface area contributed by atoms with E-state index in [1.165, 1.54) is 40.9 Å². The molecule has 0 aliphatic carbocycles. The Hall–Kier alpha value is -2.65. The van der Waals surface area contributed by atoms with Crippen molar-refractivity contribution in [2.24, 2.45) is 0 Å². The highest BCUT2D eigenvalue weighted by atomic mass is 32.2. The molecule has 2 aromatic rings. The van der Waals surface area contributed by atoms with Gasteiger partial charge in [-0.15, -0.1) is 0 Å². The van der Waals surface area contributed by atoms with Gasteiger partial charge in [0.1, 0.15) is 28.2 Å². The summed E-state index contributed by atoms with van der Waals surface area (Å²) >= 11 is 6.42. The molecule has 1 aliphatic rings. The molecular weight excluding hydrogens is 376 g/mol. The second kappa shape index (κ2) is 7.71. The minimum absolute atomic E-state index is 0.00188. The normalized spacial score (nSPS) is 15.7. The van der Waals surface area contributed by atoms with Gasteiger partial charge in [-0.1, -0.05) is 24.0 Å². The first-order valence-corrected chi connectivity index (χ1v) is 8.91. The predicted octanol–water partition coefficient (Wildman–Crippen LogP) is 3.99. The number of furan rings is 1. The van der Waals surface area contributed by atoms with Crippen molar-refractivity contribution in [3.63, 3.8) is 0 Å². The molecule has 2 heterocycles. The molecule has 7 nitrogen and oxygen atoms in total. The Kier molecular flexibility index (Phi) is 5.38. The van der Waals surface area contributed by atoms with Crippen molar-refractivity contribution in [1.82, 2.24) is 4.90 Å². The zero-order valence-electron chi connectivity index (χ0n) is 13.7. The number of thioether (sulfide) groups is 1. The van der Waals surface area contributed by atoms with Crippen LogP contribution in [0.4, 0.5) is 5.69 Å². The fourth-order valence-corrected chi connectivity index (χ4v) is 3.63. The lowest BCUT2D eigenvalue weighted by Crippen LogP contribution is -2.27. The van der Waals surface area contributed by atoms with Crippen molar-refractivity contribution in [2.75, 3.05) is 6.54 Å². The number of hydrogen-bond donors (Lipinski definition) is 0. The van der Waals surface area contributed by atoms with Crippen LogP contribution in [0.15, 0.2) is 45.7 Å².